The SMILES string of the molecule is CSc1nc(C(=O)N2C[C@@H](c3ccccc3)[C@@H]3[C@H]2C2CCN3CC2)cs1. The highest BCUT2D eigenvalue weighted by Crippen LogP contribution is 2.47. The molecule has 1 amide bonds. The lowest BCUT2D eigenvalue weighted by Gasteiger charge is -2.51. The lowest BCUT2D eigenvalue weighted by atomic mass is 9.75. The van der Waals surface area contributed by atoms with Crippen LogP contribution in [0.15, 0.2) is 40.1 Å². The van der Waals surface area contributed by atoms with E-state index in [2.05, 4.69) is 45.1 Å². The molecule has 1 aromatic heterocycles. The second-order valence-corrected chi connectivity index (χ2v) is 9.44. The molecule has 136 valence electrons. The Kier molecular flexibility index (Phi) is 4.30. The average molecular weight is 386 g/mol. The van der Waals surface area contributed by atoms with Gasteiger partial charge >= 0.3 is 0 Å². The van der Waals surface area contributed by atoms with Crippen LogP contribution < -0.4 is 0 Å². The van der Waals surface area contributed by atoms with Gasteiger partial charge in [-0.3, -0.25) is 9.69 Å². The van der Waals surface area contributed by atoms with Crippen LogP contribution in [0.25, 0.3) is 0 Å². The molecular weight excluding hydrogens is 362 g/mol. The molecule has 0 radical (unpaired) electrons. The molecule has 0 unspecified atom stereocenters. The minimum atomic E-state index is 0.128. The van der Waals surface area contributed by atoms with Gasteiger partial charge in [-0.2, -0.15) is 0 Å². The van der Waals surface area contributed by atoms with Crippen molar-refractivity contribution in [3.63, 3.8) is 0 Å². The number of amides is 1. The van der Waals surface area contributed by atoms with Crippen molar-refractivity contribution >= 4 is 29.0 Å². The highest BCUT2D eigenvalue weighted by Gasteiger charge is 2.54. The van der Waals surface area contributed by atoms with Crippen molar-refractivity contribution in [2.75, 3.05) is 25.9 Å². The van der Waals surface area contributed by atoms with Gasteiger partial charge in [0.1, 0.15) is 10.0 Å². The Labute approximate surface area is 162 Å². The number of thiazole rings is 1. The number of rotatable bonds is 3. The largest absolute Gasteiger partial charge is 0.332 e. The number of piperidine rings is 3. The number of hydrogen-bond acceptors (Lipinski definition) is 5. The van der Waals surface area contributed by atoms with Gasteiger partial charge in [-0.1, -0.05) is 42.1 Å². The molecule has 4 aliphatic heterocycles. The van der Waals surface area contributed by atoms with Gasteiger partial charge in [0.2, 0.25) is 0 Å². The van der Waals surface area contributed by atoms with Crippen molar-refractivity contribution in [3.05, 3.63) is 47.0 Å². The summed E-state index contributed by atoms with van der Waals surface area (Å²) in [5.74, 6) is 1.18. The molecule has 2 aromatic rings. The average Bonchev–Trinajstić information content (AvgIpc) is 3.35. The molecule has 0 saturated carbocycles. The Balaban J connectivity index is 1.50. The summed E-state index contributed by atoms with van der Waals surface area (Å²) in [5, 5.41) is 1.93. The minimum absolute atomic E-state index is 0.128. The van der Waals surface area contributed by atoms with Crippen molar-refractivity contribution < 1.29 is 4.79 Å². The lowest BCUT2D eigenvalue weighted by molar-refractivity contribution is -0.00357. The fourth-order valence-electron chi connectivity index (χ4n) is 5.24. The zero-order valence-corrected chi connectivity index (χ0v) is 16.5. The molecule has 5 heterocycles. The molecule has 0 aliphatic carbocycles. The van der Waals surface area contributed by atoms with E-state index in [-0.39, 0.29) is 5.91 Å². The number of thioether (sulfide) groups is 1. The van der Waals surface area contributed by atoms with Gasteiger partial charge in [0.15, 0.2) is 0 Å². The summed E-state index contributed by atoms with van der Waals surface area (Å²) >= 11 is 3.18. The Hall–Kier alpha value is -1.37. The fourth-order valence-corrected chi connectivity index (χ4v) is 6.48. The van der Waals surface area contributed by atoms with Crippen LogP contribution in [0.4, 0.5) is 0 Å². The number of hydrogen-bond donors (Lipinski definition) is 0. The maximum Gasteiger partial charge on any atom is 0.273 e. The number of fused-ring (bicyclic) bond motifs is 2. The van der Waals surface area contributed by atoms with Crippen LogP contribution in [0.2, 0.25) is 0 Å². The van der Waals surface area contributed by atoms with Gasteiger partial charge in [0, 0.05) is 23.9 Å². The normalized spacial score (nSPS) is 32.7. The molecule has 4 saturated heterocycles. The third kappa shape index (κ3) is 2.62. The van der Waals surface area contributed by atoms with Gasteiger partial charge in [-0.15, -0.1) is 11.3 Å². The number of carbonyl (C=O) groups excluding carboxylic acids is 1. The topological polar surface area (TPSA) is 36.4 Å². The molecule has 4 fully saturated rings. The Morgan fingerprint density at radius 1 is 1.19 bits per heavy atom. The van der Waals surface area contributed by atoms with E-state index >= 15 is 0 Å². The quantitative estimate of drug-likeness (QED) is 0.757. The molecular formula is C20H23N3OS2. The summed E-state index contributed by atoms with van der Waals surface area (Å²) in [6.07, 6.45) is 4.46. The third-order valence-electron chi connectivity index (χ3n) is 6.36. The first kappa shape index (κ1) is 16.8. The zero-order chi connectivity index (χ0) is 17.7. The van der Waals surface area contributed by atoms with Gasteiger partial charge in [-0.05, 0) is 43.7 Å². The first-order valence-electron chi connectivity index (χ1n) is 9.36. The first-order chi connectivity index (χ1) is 12.8. The molecule has 0 spiro atoms. The van der Waals surface area contributed by atoms with Crippen LogP contribution in [0.1, 0.15) is 34.8 Å². The van der Waals surface area contributed by atoms with E-state index < -0.39 is 0 Å². The molecule has 0 N–H and O–H groups in total. The van der Waals surface area contributed by atoms with E-state index in [1.54, 1.807) is 23.1 Å². The molecule has 4 aliphatic rings. The molecule has 1 aromatic carbocycles. The van der Waals surface area contributed by atoms with Crippen molar-refractivity contribution in [1.82, 2.24) is 14.8 Å². The molecule has 3 atom stereocenters. The number of aromatic nitrogens is 1. The molecule has 6 heteroatoms. The van der Waals surface area contributed by atoms with Crippen LogP contribution in [-0.4, -0.2) is 58.7 Å². The Morgan fingerprint density at radius 3 is 2.65 bits per heavy atom. The number of carbonyl (C=O) groups is 1. The van der Waals surface area contributed by atoms with Crippen LogP contribution >= 0.6 is 23.1 Å². The van der Waals surface area contributed by atoms with Crippen LogP contribution in [-0.2, 0) is 0 Å². The summed E-state index contributed by atoms with van der Waals surface area (Å²) in [7, 11) is 0. The Bertz CT molecular complexity index is 800. The summed E-state index contributed by atoms with van der Waals surface area (Å²) in [4.78, 5) is 22.7. The summed E-state index contributed by atoms with van der Waals surface area (Å²) < 4.78 is 0.970. The maximum atomic E-state index is 13.3. The van der Waals surface area contributed by atoms with Gasteiger partial charge in [0.05, 0.1) is 6.04 Å². The van der Waals surface area contributed by atoms with Crippen molar-refractivity contribution in [2.24, 2.45) is 5.92 Å². The van der Waals surface area contributed by atoms with Crippen LogP contribution in [0, 0.1) is 5.92 Å². The summed E-state index contributed by atoms with van der Waals surface area (Å²) in [6.45, 7) is 3.19. The van der Waals surface area contributed by atoms with Gasteiger partial charge in [0.25, 0.3) is 5.91 Å². The molecule has 2 bridgehead atoms. The number of nitrogens with zero attached hydrogens (tertiary/aromatic N) is 3. The second kappa shape index (κ2) is 6.66. The zero-order valence-electron chi connectivity index (χ0n) is 14.9. The predicted molar refractivity (Wildman–Crippen MR) is 106 cm³/mol. The van der Waals surface area contributed by atoms with E-state index in [9.17, 15) is 4.79 Å². The standard InChI is InChI=1S/C20H23N3OS2/c1-25-20-21-16(12-26-20)19(24)23-11-15(13-5-3-2-4-6-13)18-17(23)14-7-9-22(18)10-8-14/h2-6,12,14-15,17-18H,7-11H2,1H3/t15-,17+,18+/m0/s1. The van der Waals surface area contributed by atoms with Gasteiger partial charge in [-0.25, -0.2) is 4.98 Å². The monoisotopic (exact) mass is 385 g/mol. The van der Waals surface area contributed by atoms with Crippen molar-refractivity contribution in [2.45, 2.75) is 35.2 Å². The maximum absolute atomic E-state index is 13.3. The highest BCUT2D eigenvalue weighted by molar-refractivity contribution is 8.00. The third-order valence-corrected chi connectivity index (χ3v) is 8.22. The number of likely N-dealkylation sites (tertiary alicyclic amines) is 1. The van der Waals surface area contributed by atoms with Crippen LogP contribution in [0.3, 0.4) is 0 Å². The second-order valence-electron chi connectivity index (χ2n) is 7.53. The van der Waals surface area contributed by atoms with Gasteiger partial charge < -0.3 is 4.90 Å². The smallest absolute Gasteiger partial charge is 0.273 e. The van der Waals surface area contributed by atoms with E-state index in [1.807, 2.05) is 11.6 Å². The van der Waals surface area contributed by atoms with Crippen LogP contribution in [0.5, 0.6) is 0 Å². The molecule has 4 nitrogen and oxygen atoms in total. The molecule has 6 rings (SSSR count). The van der Waals surface area contributed by atoms with Crippen molar-refractivity contribution in [3.8, 4) is 0 Å². The molecule has 26 heavy (non-hydrogen) atoms. The van der Waals surface area contributed by atoms with Crippen molar-refractivity contribution in [1.29, 1.82) is 0 Å². The minimum Gasteiger partial charge on any atom is -0.332 e. The van der Waals surface area contributed by atoms with E-state index in [4.69, 9.17) is 0 Å². The van der Waals surface area contributed by atoms with E-state index in [0.29, 0.717) is 29.6 Å². The Morgan fingerprint density at radius 2 is 1.96 bits per heavy atom. The fraction of sp³-hybridized carbons (Fsp3) is 0.500. The summed E-state index contributed by atoms with van der Waals surface area (Å²) in [6, 6.07) is 11.6. The summed E-state index contributed by atoms with van der Waals surface area (Å²) in [5.41, 5.74) is 2.00. The highest BCUT2D eigenvalue weighted by atomic mass is 32.2. The lowest BCUT2D eigenvalue weighted by Crippen LogP contribution is -2.60. The first-order valence-corrected chi connectivity index (χ1v) is 11.5. The predicted octanol–water partition coefficient (Wildman–Crippen LogP) is 3.57. The van der Waals surface area contributed by atoms with E-state index in [1.165, 1.54) is 31.5 Å². The van der Waals surface area contributed by atoms with E-state index in [0.717, 1.165) is 10.9 Å². The number of benzene rings is 1.